The van der Waals surface area contributed by atoms with Gasteiger partial charge in [0.1, 0.15) is 5.75 Å². The van der Waals surface area contributed by atoms with E-state index in [-0.39, 0.29) is 18.4 Å². The van der Waals surface area contributed by atoms with E-state index in [1.807, 2.05) is 61.5 Å². The van der Waals surface area contributed by atoms with Gasteiger partial charge in [0.05, 0.1) is 19.3 Å². The predicted octanol–water partition coefficient (Wildman–Crippen LogP) is 3.01. The minimum atomic E-state index is -0.215. The first-order valence-corrected chi connectivity index (χ1v) is 7.44. The Morgan fingerprint density at radius 3 is 2.61 bits per heavy atom. The quantitative estimate of drug-likeness (QED) is 0.610. The molecule has 0 heterocycles. The molecule has 0 radical (unpaired) electrons. The van der Waals surface area contributed by atoms with Crippen LogP contribution in [0.25, 0.3) is 0 Å². The minimum Gasteiger partial charge on any atom is -0.495 e. The molecule has 0 unspecified atom stereocenters. The Bertz CT molecular complexity index is 656. The lowest BCUT2D eigenvalue weighted by Crippen LogP contribution is -2.26. The minimum absolute atomic E-state index is 0.122. The first-order valence-electron chi connectivity index (χ1n) is 7.44. The molecule has 2 rings (SSSR count). The van der Waals surface area contributed by atoms with Crippen molar-refractivity contribution in [3.63, 3.8) is 0 Å². The summed E-state index contributed by atoms with van der Waals surface area (Å²) in [6.07, 6.45) is 1.72. The first kappa shape index (κ1) is 16.5. The number of benzene rings is 2. The smallest absolute Gasteiger partial charge is 0.259 e. The van der Waals surface area contributed by atoms with Gasteiger partial charge in [0.25, 0.3) is 5.91 Å². The maximum atomic E-state index is 11.8. The second-order valence-corrected chi connectivity index (χ2v) is 5.07. The van der Waals surface area contributed by atoms with Gasteiger partial charge in [-0.25, -0.2) is 5.43 Å². The largest absolute Gasteiger partial charge is 0.495 e. The predicted molar refractivity (Wildman–Crippen MR) is 93.0 cm³/mol. The van der Waals surface area contributed by atoms with Crippen LogP contribution in [0.15, 0.2) is 59.7 Å². The van der Waals surface area contributed by atoms with E-state index in [4.69, 9.17) is 4.74 Å². The van der Waals surface area contributed by atoms with Crippen LogP contribution in [-0.4, -0.2) is 25.8 Å². The van der Waals surface area contributed by atoms with Crippen LogP contribution in [0.2, 0.25) is 0 Å². The number of hydrogen-bond donors (Lipinski definition) is 2. The Hall–Kier alpha value is -2.82. The van der Waals surface area contributed by atoms with E-state index in [0.717, 1.165) is 11.3 Å². The van der Waals surface area contributed by atoms with Crippen LogP contribution >= 0.6 is 0 Å². The van der Waals surface area contributed by atoms with E-state index in [0.29, 0.717) is 5.75 Å². The second kappa shape index (κ2) is 8.58. The standard InChI is InChI=1S/C18H21N3O2/c1-14(15-8-4-3-5-9-15)12-20-21-18(22)13-19-16-10-6-7-11-17(16)23-2/h3-12,14,19H,13H2,1-2H3,(H,21,22)/b20-12-/t14-/m0/s1. The topological polar surface area (TPSA) is 62.7 Å². The number of nitrogens with one attached hydrogen (secondary N) is 2. The van der Waals surface area contributed by atoms with E-state index in [2.05, 4.69) is 15.8 Å². The summed E-state index contributed by atoms with van der Waals surface area (Å²) in [6.45, 7) is 2.15. The molecule has 0 saturated heterocycles. The highest BCUT2D eigenvalue weighted by Crippen LogP contribution is 2.22. The lowest BCUT2D eigenvalue weighted by molar-refractivity contribution is -0.119. The molecule has 0 bridgehead atoms. The van der Waals surface area contributed by atoms with Gasteiger partial charge < -0.3 is 10.1 Å². The Morgan fingerprint density at radius 2 is 1.87 bits per heavy atom. The Kier molecular flexibility index (Phi) is 6.17. The molecule has 0 aliphatic rings. The van der Waals surface area contributed by atoms with Crippen molar-refractivity contribution in [2.45, 2.75) is 12.8 Å². The number of nitrogens with zero attached hydrogens (tertiary/aromatic N) is 1. The summed E-state index contributed by atoms with van der Waals surface area (Å²) in [7, 11) is 1.59. The lowest BCUT2D eigenvalue weighted by Gasteiger charge is -2.10. The first-order chi connectivity index (χ1) is 11.2. The zero-order valence-electron chi connectivity index (χ0n) is 13.3. The molecule has 23 heavy (non-hydrogen) atoms. The van der Waals surface area contributed by atoms with E-state index in [9.17, 15) is 4.79 Å². The van der Waals surface area contributed by atoms with Crippen molar-refractivity contribution in [3.8, 4) is 5.75 Å². The Balaban J connectivity index is 1.80. The number of para-hydroxylation sites is 2. The zero-order valence-corrected chi connectivity index (χ0v) is 13.3. The fraction of sp³-hybridized carbons (Fsp3) is 0.222. The molecule has 2 aromatic carbocycles. The molecule has 0 aromatic heterocycles. The number of ether oxygens (including phenoxy) is 1. The van der Waals surface area contributed by atoms with Crippen LogP contribution < -0.4 is 15.5 Å². The molecule has 0 aliphatic carbocycles. The molecular weight excluding hydrogens is 290 g/mol. The van der Waals surface area contributed by atoms with Gasteiger partial charge >= 0.3 is 0 Å². The molecule has 1 atom stereocenters. The molecule has 1 amide bonds. The monoisotopic (exact) mass is 311 g/mol. The van der Waals surface area contributed by atoms with Crippen LogP contribution in [0.5, 0.6) is 5.75 Å². The molecule has 0 saturated carbocycles. The van der Waals surface area contributed by atoms with Crippen LogP contribution in [0.3, 0.4) is 0 Å². The van der Waals surface area contributed by atoms with Gasteiger partial charge in [0.15, 0.2) is 0 Å². The number of anilines is 1. The van der Waals surface area contributed by atoms with Gasteiger partial charge in [0, 0.05) is 12.1 Å². The summed E-state index contributed by atoms with van der Waals surface area (Å²) in [5.41, 5.74) is 4.44. The summed E-state index contributed by atoms with van der Waals surface area (Å²) in [5, 5.41) is 7.03. The van der Waals surface area contributed by atoms with Crippen molar-refractivity contribution >= 4 is 17.8 Å². The summed E-state index contributed by atoms with van der Waals surface area (Å²) < 4.78 is 5.22. The third-order valence-electron chi connectivity index (χ3n) is 3.36. The molecule has 2 aromatic rings. The van der Waals surface area contributed by atoms with Gasteiger partial charge in [-0.2, -0.15) is 5.10 Å². The summed E-state index contributed by atoms with van der Waals surface area (Å²) in [6, 6.07) is 17.4. The highest BCUT2D eigenvalue weighted by molar-refractivity contribution is 5.82. The third-order valence-corrected chi connectivity index (χ3v) is 3.36. The number of rotatable bonds is 7. The van der Waals surface area contributed by atoms with Crippen LogP contribution in [0.1, 0.15) is 18.4 Å². The highest BCUT2D eigenvalue weighted by atomic mass is 16.5. The van der Waals surface area contributed by atoms with Gasteiger partial charge in [-0.05, 0) is 17.7 Å². The van der Waals surface area contributed by atoms with Crippen molar-refractivity contribution in [2.75, 3.05) is 19.0 Å². The second-order valence-electron chi connectivity index (χ2n) is 5.07. The van der Waals surface area contributed by atoms with Crippen molar-refractivity contribution in [1.29, 1.82) is 0 Å². The van der Waals surface area contributed by atoms with Crippen molar-refractivity contribution < 1.29 is 9.53 Å². The third kappa shape index (κ3) is 5.14. The molecule has 2 N–H and O–H groups in total. The van der Waals surface area contributed by atoms with E-state index < -0.39 is 0 Å². The van der Waals surface area contributed by atoms with E-state index in [1.165, 1.54) is 0 Å². The summed E-state index contributed by atoms with van der Waals surface area (Å²) in [4.78, 5) is 11.8. The van der Waals surface area contributed by atoms with Crippen molar-refractivity contribution in [3.05, 3.63) is 60.2 Å². The van der Waals surface area contributed by atoms with Crippen LogP contribution in [0.4, 0.5) is 5.69 Å². The maximum Gasteiger partial charge on any atom is 0.259 e. The fourth-order valence-corrected chi connectivity index (χ4v) is 2.07. The number of carbonyl (C=O) groups excluding carboxylic acids is 1. The molecule has 120 valence electrons. The molecule has 5 nitrogen and oxygen atoms in total. The van der Waals surface area contributed by atoms with E-state index >= 15 is 0 Å². The van der Waals surface area contributed by atoms with Crippen molar-refractivity contribution in [2.24, 2.45) is 5.10 Å². The number of amides is 1. The van der Waals surface area contributed by atoms with Gasteiger partial charge in [-0.15, -0.1) is 0 Å². The molecule has 0 spiro atoms. The number of hydrogen-bond acceptors (Lipinski definition) is 4. The van der Waals surface area contributed by atoms with Crippen LogP contribution in [0, 0.1) is 0 Å². The fourth-order valence-electron chi connectivity index (χ4n) is 2.07. The number of carbonyl (C=O) groups is 1. The average molecular weight is 311 g/mol. The molecule has 0 fully saturated rings. The summed E-state index contributed by atoms with van der Waals surface area (Å²) in [5.74, 6) is 0.618. The zero-order chi connectivity index (χ0) is 16.5. The molecule has 0 aliphatic heterocycles. The highest BCUT2D eigenvalue weighted by Gasteiger charge is 2.04. The molecule has 5 heteroatoms. The van der Waals surface area contributed by atoms with Gasteiger partial charge in [0.2, 0.25) is 0 Å². The Labute approximate surface area is 136 Å². The Morgan fingerprint density at radius 1 is 1.17 bits per heavy atom. The maximum absolute atomic E-state index is 11.8. The normalized spacial score (nSPS) is 11.9. The van der Waals surface area contributed by atoms with E-state index in [1.54, 1.807) is 13.3 Å². The molecular formula is C18H21N3O2. The summed E-state index contributed by atoms with van der Waals surface area (Å²) >= 11 is 0. The van der Waals surface area contributed by atoms with Gasteiger partial charge in [-0.3, -0.25) is 4.79 Å². The number of methoxy groups -OCH3 is 1. The van der Waals surface area contributed by atoms with Crippen LogP contribution in [-0.2, 0) is 4.79 Å². The van der Waals surface area contributed by atoms with Gasteiger partial charge in [-0.1, -0.05) is 49.4 Å². The van der Waals surface area contributed by atoms with Crippen molar-refractivity contribution in [1.82, 2.24) is 5.43 Å². The lowest BCUT2D eigenvalue weighted by atomic mass is 10.0. The SMILES string of the molecule is COc1ccccc1NCC(=O)N/N=C\[C@H](C)c1ccccc1. The average Bonchev–Trinajstić information content (AvgIpc) is 2.60. The number of hydrazone groups is 1.